The second-order valence-electron chi connectivity index (χ2n) is 7.04. The first-order valence-electron chi connectivity index (χ1n) is 9.56. The second kappa shape index (κ2) is 8.58. The number of aromatic nitrogens is 2. The standard InChI is InChI=1S/C24H21ClFN3/c1-16(27-11-10-18-15-28-24-9-8-19(25)14-22(18)24)23-7-3-6-21(29-23)13-17-4-2-5-20(26)12-17/h2-9,12,14-15,28H,10-11,13H2,1H3. The monoisotopic (exact) mass is 405 g/mol. The lowest BCUT2D eigenvalue weighted by Crippen LogP contribution is -2.04. The Balaban J connectivity index is 1.45. The van der Waals surface area contributed by atoms with E-state index in [1.807, 2.05) is 55.6 Å². The average molecular weight is 406 g/mol. The predicted molar refractivity (Wildman–Crippen MR) is 118 cm³/mol. The topological polar surface area (TPSA) is 41.0 Å². The highest BCUT2D eigenvalue weighted by Crippen LogP contribution is 2.22. The number of nitrogens with one attached hydrogen (secondary N) is 1. The van der Waals surface area contributed by atoms with Gasteiger partial charge in [-0.05, 0) is 66.9 Å². The minimum Gasteiger partial charge on any atom is -0.361 e. The zero-order valence-corrected chi connectivity index (χ0v) is 16.9. The molecule has 0 unspecified atom stereocenters. The Bertz CT molecular complexity index is 1180. The molecule has 1 N–H and O–H groups in total. The molecule has 0 spiro atoms. The maximum absolute atomic E-state index is 13.4. The zero-order valence-electron chi connectivity index (χ0n) is 16.1. The molecule has 4 rings (SSSR count). The van der Waals surface area contributed by atoms with Gasteiger partial charge in [0.05, 0.1) is 11.4 Å². The SMILES string of the molecule is CC(=NCCc1c[nH]c2ccc(Cl)cc12)c1cccc(Cc2cccc(F)c2)n1. The number of halogens is 2. The van der Waals surface area contributed by atoms with Gasteiger partial charge in [0.15, 0.2) is 0 Å². The summed E-state index contributed by atoms with van der Waals surface area (Å²) < 4.78 is 13.4. The third kappa shape index (κ3) is 4.72. The van der Waals surface area contributed by atoms with Crippen LogP contribution in [0.15, 0.2) is 71.9 Å². The normalized spacial score (nSPS) is 11.9. The molecule has 5 heteroatoms. The molecule has 2 aromatic heterocycles. The lowest BCUT2D eigenvalue weighted by Gasteiger charge is -2.05. The maximum Gasteiger partial charge on any atom is 0.123 e. The van der Waals surface area contributed by atoms with Crippen LogP contribution in [0.3, 0.4) is 0 Å². The zero-order chi connectivity index (χ0) is 20.2. The highest BCUT2D eigenvalue weighted by molar-refractivity contribution is 6.31. The van der Waals surface area contributed by atoms with Gasteiger partial charge in [-0.3, -0.25) is 9.98 Å². The molecule has 0 aliphatic heterocycles. The molecular formula is C24H21ClFN3. The second-order valence-corrected chi connectivity index (χ2v) is 7.48. The first kappa shape index (κ1) is 19.3. The Kier molecular flexibility index (Phi) is 5.72. The van der Waals surface area contributed by atoms with E-state index in [4.69, 9.17) is 21.6 Å². The first-order chi connectivity index (χ1) is 14.1. The molecule has 0 radical (unpaired) electrons. The van der Waals surface area contributed by atoms with Gasteiger partial charge in [-0.2, -0.15) is 0 Å². The number of aliphatic imine (C=N–C) groups is 1. The summed E-state index contributed by atoms with van der Waals surface area (Å²) >= 11 is 6.12. The fraction of sp³-hybridized carbons (Fsp3) is 0.167. The Morgan fingerprint density at radius 2 is 1.97 bits per heavy atom. The summed E-state index contributed by atoms with van der Waals surface area (Å²) in [5, 5.41) is 1.87. The van der Waals surface area contributed by atoms with E-state index < -0.39 is 0 Å². The number of hydrogen-bond acceptors (Lipinski definition) is 2. The molecule has 0 amide bonds. The molecule has 0 atom stereocenters. The maximum atomic E-state index is 13.4. The molecule has 4 aromatic rings. The van der Waals surface area contributed by atoms with Crippen LogP contribution in [0.25, 0.3) is 10.9 Å². The molecule has 0 saturated carbocycles. The molecule has 0 aliphatic carbocycles. The van der Waals surface area contributed by atoms with Gasteiger partial charge in [0.2, 0.25) is 0 Å². The molecule has 0 bridgehead atoms. The number of rotatable bonds is 6. The van der Waals surface area contributed by atoms with Crippen molar-refractivity contribution < 1.29 is 4.39 Å². The van der Waals surface area contributed by atoms with Gasteiger partial charge in [0.25, 0.3) is 0 Å². The minimum atomic E-state index is -0.227. The third-order valence-electron chi connectivity index (χ3n) is 4.91. The van der Waals surface area contributed by atoms with Crippen LogP contribution in [0.1, 0.15) is 29.4 Å². The summed E-state index contributed by atoms with van der Waals surface area (Å²) in [7, 11) is 0. The van der Waals surface area contributed by atoms with Crippen molar-refractivity contribution in [1.82, 2.24) is 9.97 Å². The van der Waals surface area contributed by atoms with E-state index in [9.17, 15) is 4.39 Å². The van der Waals surface area contributed by atoms with Crippen LogP contribution in [0.2, 0.25) is 5.02 Å². The van der Waals surface area contributed by atoms with Crippen LogP contribution in [-0.2, 0) is 12.8 Å². The van der Waals surface area contributed by atoms with E-state index in [2.05, 4.69) is 4.98 Å². The Hall–Kier alpha value is -2.98. The number of H-pyrrole nitrogens is 1. The van der Waals surface area contributed by atoms with Crippen LogP contribution in [0.5, 0.6) is 0 Å². The van der Waals surface area contributed by atoms with E-state index >= 15 is 0 Å². The summed E-state index contributed by atoms with van der Waals surface area (Å²) in [5.74, 6) is -0.227. The van der Waals surface area contributed by atoms with Gasteiger partial charge in [-0.15, -0.1) is 0 Å². The smallest absolute Gasteiger partial charge is 0.123 e. The van der Waals surface area contributed by atoms with Gasteiger partial charge in [-0.25, -0.2) is 4.39 Å². The van der Waals surface area contributed by atoms with E-state index in [1.54, 1.807) is 12.1 Å². The Labute approximate surface area is 174 Å². The van der Waals surface area contributed by atoms with Crippen molar-refractivity contribution in [1.29, 1.82) is 0 Å². The van der Waals surface area contributed by atoms with Gasteiger partial charge < -0.3 is 4.98 Å². The van der Waals surface area contributed by atoms with E-state index in [0.29, 0.717) is 13.0 Å². The highest BCUT2D eigenvalue weighted by Gasteiger charge is 2.06. The number of benzene rings is 2. The Morgan fingerprint density at radius 3 is 2.83 bits per heavy atom. The summed E-state index contributed by atoms with van der Waals surface area (Å²) in [6.07, 6.45) is 3.43. The minimum absolute atomic E-state index is 0.227. The van der Waals surface area contributed by atoms with E-state index in [0.717, 1.165) is 45.0 Å². The van der Waals surface area contributed by atoms with Crippen molar-refractivity contribution in [3.05, 3.63) is 100 Å². The molecule has 3 nitrogen and oxygen atoms in total. The summed E-state index contributed by atoms with van der Waals surface area (Å²) in [4.78, 5) is 12.7. The summed E-state index contributed by atoms with van der Waals surface area (Å²) in [6.45, 7) is 2.64. The van der Waals surface area contributed by atoms with E-state index in [1.165, 1.54) is 11.6 Å². The molecule has 0 fully saturated rings. The van der Waals surface area contributed by atoms with Crippen LogP contribution in [0, 0.1) is 5.82 Å². The quantitative estimate of drug-likeness (QED) is 0.393. The fourth-order valence-electron chi connectivity index (χ4n) is 3.42. The van der Waals surface area contributed by atoms with Crippen LogP contribution < -0.4 is 0 Å². The largest absolute Gasteiger partial charge is 0.361 e. The predicted octanol–water partition coefficient (Wildman–Crippen LogP) is 6.00. The molecule has 2 aromatic carbocycles. The Morgan fingerprint density at radius 1 is 1.10 bits per heavy atom. The van der Waals surface area contributed by atoms with Gasteiger partial charge >= 0.3 is 0 Å². The van der Waals surface area contributed by atoms with Crippen molar-refractivity contribution in [2.45, 2.75) is 19.8 Å². The molecule has 0 saturated heterocycles. The molecule has 2 heterocycles. The third-order valence-corrected chi connectivity index (χ3v) is 5.15. The molecule has 29 heavy (non-hydrogen) atoms. The number of fused-ring (bicyclic) bond motifs is 1. The van der Waals surface area contributed by atoms with Gasteiger partial charge in [0.1, 0.15) is 5.82 Å². The van der Waals surface area contributed by atoms with Crippen molar-refractivity contribution in [2.24, 2.45) is 4.99 Å². The van der Waals surface area contributed by atoms with Crippen LogP contribution in [-0.4, -0.2) is 22.2 Å². The summed E-state index contributed by atoms with van der Waals surface area (Å²) in [5.41, 5.74) is 5.82. The first-order valence-corrected chi connectivity index (χ1v) is 9.93. The summed E-state index contributed by atoms with van der Waals surface area (Å²) in [6, 6.07) is 18.4. The number of hydrogen-bond donors (Lipinski definition) is 1. The van der Waals surface area contributed by atoms with Crippen LogP contribution >= 0.6 is 11.6 Å². The van der Waals surface area contributed by atoms with Crippen molar-refractivity contribution in [2.75, 3.05) is 6.54 Å². The fourth-order valence-corrected chi connectivity index (χ4v) is 3.59. The number of nitrogens with zero attached hydrogens (tertiary/aromatic N) is 2. The van der Waals surface area contributed by atoms with Gasteiger partial charge in [-0.1, -0.05) is 29.8 Å². The van der Waals surface area contributed by atoms with Crippen molar-refractivity contribution >= 4 is 28.2 Å². The van der Waals surface area contributed by atoms with E-state index in [-0.39, 0.29) is 5.82 Å². The average Bonchev–Trinajstić information content (AvgIpc) is 3.10. The van der Waals surface area contributed by atoms with Crippen molar-refractivity contribution in [3.8, 4) is 0 Å². The van der Waals surface area contributed by atoms with Gasteiger partial charge in [0, 0.05) is 40.8 Å². The molecule has 146 valence electrons. The highest BCUT2D eigenvalue weighted by atomic mass is 35.5. The number of pyridine rings is 1. The van der Waals surface area contributed by atoms with Crippen LogP contribution in [0.4, 0.5) is 4.39 Å². The molecular weight excluding hydrogens is 385 g/mol. The number of aromatic amines is 1. The lowest BCUT2D eigenvalue weighted by molar-refractivity contribution is 0.626. The van der Waals surface area contributed by atoms with Crippen molar-refractivity contribution in [3.63, 3.8) is 0 Å². The lowest BCUT2D eigenvalue weighted by atomic mass is 10.1. The molecule has 0 aliphatic rings.